The lowest BCUT2D eigenvalue weighted by Crippen LogP contribution is -2.47. The number of hydrogen-bond acceptors (Lipinski definition) is 4. The molecule has 0 unspecified atom stereocenters. The minimum absolute atomic E-state index is 0.0388. The minimum atomic E-state index is -0.848. The van der Waals surface area contributed by atoms with Gasteiger partial charge in [0, 0.05) is 24.7 Å². The van der Waals surface area contributed by atoms with Gasteiger partial charge in [0.25, 0.3) is 0 Å². The molecule has 0 spiro atoms. The summed E-state index contributed by atoms with van der Waals surface area (Å²) in [4.78, 5) is 39.2. The summed E-state index contributed by atoms with van der Waals surface area (Å²) in [5.41, 5.74) is 5.44. The van der Waals surface area contributed by atoms with Crippen molar-refractivity contribution in [3.8, 4) is 0 Å². The zero-order valence-corrected chi connectivity index (χ0v) is 30.2. The van der Waals surface area contributed by atoms with Crippen molar-refractivity contribution in [2.45, 2.75) is 126 Å². The third-order valence-corrected chi connectivity index (χ3v) is 13.5. The highest BCUT2D eigenvalue weighted by Gasteiger charge is 2.59. The molecule has 5 heteroatoms. The van der Waals surface area contributed by atoms with E-state index in [1.165, 1.54) is 29.4 Å². The van der Waals surface area contributed by atoms with Gasteiger partial charge < -0.3 is 9.84 Å². The fraction of sp³-hybridized carbons (Fsp3) is 0.683. The molecule has 0 bridgehead atoms. The van der Waals surface area contributed by atoms with Crippen molar-refractivity contribution < 1.29 is 24.2 Å². The van der Waals surface area contributed by atoms with Crippen molar-refractivity contribution in [3.63, 3.8) is 0 Å². The van der Waals surface area contributed by atoms with Gasteiger partial charge in [-0.25, -0.2) is 0 Å². The van der Waals surface area contributed by atoms with E-state index in [2.05, 4.69) is 79.3 Å². The molecule has 254 valence electrons. The van der Waals surface area contributed by atoms with Crippen LogP contribution >= 0.6 is 0 Å². The first kappa shape index (κ1) is 36.2. The molecular formula is C41H60O5. The average Bonchev–Trinajstić information content (AvgIpc) is 3.26. The largest absolute Gasteiger partial charge is 0.481 e. The Balaban J connectivity index is 1.60. The number of methoxy groups -OCH3 is 1. The number of Topliss-reactive ketones (excluding diaryl/α,β-unsaturated/α-hetero) is 1. The number of esters is 1. The first-order valence-electron chi connectivity index (χ1n) is 17.7. The average molecular weight is 633 g/mol. The number of carboxylic acid groups (broad SMARTS) is 1. The van der Waals surface area contributed by atoms with Gasteiger partial charge in [0.1, 0.15) is 5.78 Å². The van der Waals surface area contributed by atoms with Crippen LogP contribution in [-0.4, -0.2) is 29.9 Å². The lowest BCUT2D eigenvalue weighted by atomic mass is 9.49. The molecule has 5 nitrogen and oxygen atoms in total. The summed E-state index contributed by atoms with van der Waals surface area (Å²) < 4.78 is 5.31. The highest BCUT2D eigenvalue weighted by molar-refractivity contribution is 5.90. The number of ether oxygens (including phenoxy) is 1. The van der Waals surface area contributed by atoms with E-state index in [1.54, 1.807) is 0 Å². The molecule has 0 aromatic heterocycles. The summed E-state index contributed by atoms with van der Waals surface area (Å²) in [5, 5.41) is 9.60. The van der Waals surface area contributed by atoms with Crippen LogP contribution in [0.25, 0.3) is 0 Å². The number of aliphatic carboxylic acids is 1. The predicted molar refractivity (Wildman–Crippen MR) is 186 cm³/mol. The van der Waals surface area contributed by atoms with Gasteiger partial charge in [0.15, 0.2) is 0 Å². The maximum Gasteiger partial charge on any atom is 0.312 e. The van der Waals surface area contributed by atoms with Crippen molar-refractivity contribution in [3.05, 3.63) is 58.7 Å². The highest BCUT2D eigenvalue weighted by atomic mass is 16.5. The number of hydrogen-bond donors (Lipinski definition) is 1. The zero-order valence-electron chi connectivity index (χ0n) is 30.2. The molecule has 0 aliphatic heterocycles. The van der Waals surface area contributed by atoms with E-state index in [-0.39, 0.29) is 52.2 Å². The highest BCUT2D eigenvalue weighted by Crippen LogP contribution is 2.68. The van der Waals surface area contributed by atoms with Crippen LogP contribution in [0.5, 0.6) is 0 Å². The lowest BCUT2D eigenvalue weighted by molar-refractivity contribution is -0.159. The van der Waals surface area contributed by atoms with Crippen molar-refractivity contribution in [1.82, 2.24) is 0 Å². The molecule has 0 saturated heterocycles. The van der Waals surface area contributed by atoms with Crippen molar-refractivity contribution >= 4 is 17.7 Å². The third-order valence-electron chi connectivity index (χ3n) is 13.5. The Kier molecular flexibility index (Phi) is 10.6. The Morgan fingerprint density at radius 1 is 1.13 bits per heavy atom. The summed E-state index contributed by atoms with van der Waals surface area (Å²) in [5.74, 6) is -0.593. The van der Waals surface area contributed by atoms with Gasteiger partial charge in [0.05, 0.1) is 12.5 Å². The van der Waals surface area contributed by atoms with Gasteiger partial charge in [0.2, 0.25) is 0 Å². The molecule has 8 atom stereocenters. The van der Waals surface area contributed by atoms with Crippen LogP contribution in [0.2, 0.25) is 0 Å². The monoisotopic (exact) mass is 632 g/mol. The Bertz CT molecular complexity index is 1370. The van der Waals surface area contributed by atoms with E-state index < -0.39 is 11.4 Å². The van der Waals surface area contributed by atoms with E-state index in [0.717, 1.165) is 44.1 Å². The maximum absolute atomic E-state index is 14.2. The molecule has 46 heavy (non-hydrogen) atoms. The maximum atomic E-state index is 14.2. The van der Waals surface area contributed by atoms with E-state index in [0.29, 0.717) is 31.6 Å². The number of allylic oxidation sites excluding steroid dienone is 9. The summed E-state index contributed by atoms with van der Waals surface area (Å²) in [7, 11) is 1.44. The normalized spacial score (nSPS) is 35.8. The van der Waals surface area contributed by atoms with Crippen LogP contribution in [-0.2, 0) is 19.1 Å². The van der Waals surface area contributed by atoms with Gasteiger partial charge >= 0.3 is 11.9 Å². The molecule has 0 amide bonds. The Hall–Kier alpha value is -2.69. The number of fused-ring (bicyclic) bond motifs is 2. The summed E-state index contributed by atoms with van der Waals surface area (Å²) in [6.07, 6.45) is 17.4. The Morgan fingerprint density at radius 2 is 1.83 bits per heavy atom. The molecule has 4 rings (SSSR count). The first-order valence-corrected chi connectivity index (χ1v) is 17.7. The molecule has 1 N–H and O–H groups in total. The quantitative estimate of drug-likeness (QED) is 0.171. The van der Waals surface area contributed by atoms with Crippen LogP contribution in [0.4, 0.5) is 0 Å². The SMILES string of the molecule is C=C(C)[C@@H]1C=CC2=C3CC[C@@](C)([C@H](C)CC(=O)[C@@H]4CC=C(CCC=C(C)C)C[C@@]4(C)C(=O)OC)[C@]3(C)CC[C@H]2[C@@]1(C)CCC(=O)O. The molecule has 0 heterocycles. The topological polar surface area (TPSA) is 80.7 Å². The molecule has 0 radical (unpaired) electrons. The molecule has 4 aliphatic rings. The molecule has 1 fully saturated rings. The van der Waals surface area contributed by atoms with E-state index in [1.807, 2.05) is 6.92 Å². The summed E-state index contributed by atoms with van der Waals surface area (Å²) >= 11 is 0. The van der Waals surface area contributed by atoms with Gasteiger partial charge in [-0.05, 0) is 119 Å². The summed E-state index contributed by atoms with van der Waals surface area (Å²) in [6, 6.07) is 0. The number of rotatable bonds is 12. The van der Waals surface area contributed by atoms with Crippen LogP contribution < -0.4 is 0 Å². The van der Waals surface area contributed by atoms with Crippen molar-refractivity contribution in [1.29, 1.82) is 0 Å². The molecule has 4 aliphatic carbocycles. The van der Waals surface area contributed by atoms with Gasteiger partial charge in [-0.15, -0.1) is 0 Å². The van der Waals surface area contributed by atoms with E-state index >= 15 is 0 Å². The molecule has 1 saturated carbocycles. The number of ketones is 1. The molecule has 0 aromatic carbocycles. The third kappa shape index (κ3) is 6.29. The second-order valence-electron chi connectivity index (χ2n) is 16.5. The van der Waals surface area contributed by atoms with E-state index in [4.69, 9.17) is 4.74 Å². The smallest absolute Gasteiger partial charge is 0.312 e. The number of carboxylic acids is 1. The fourth-order valence-corrected chi connectivity index (χ4v) is 10.3. The lowest BCUT2D eigenvalue weighted by Gasteiger charge is -2.55. The fourth-order valence-electron chi connectivity index (χ4n) is 10.3. The molecular weight excluding hydrogens is 572 g/mol. The van der Waals surface area contributed by atoms with Crippen LogP contribution in [0.3, 0.4) is 0 Å². The molecule has 0 aromatic rings. The summed E-state index contributed by atoms with van der Waals surface area (Å²) in [6.45, 7) is 21.9. The van der Waals surface area contributed by atoms with Crippen molar-refractivity contribution in [2.24, 2.45) is 45.3 Å². The first-order chi connectivity index (χ1) is 21.4. The minimum Gasteiger partial charge on any atom is -0.481 e. The van der Waals surface area contributed by atoms with Crippen LogP contribution in [0.1, 0.15) is 126 Å². The van der Waals surface area contributed by atoms with Gasteiger partial charge in [-0.3, -0.25) is 14.4 Å². The second kappa shape index (κ2) is 13.4. The van der Waals surface area contributed by atoms with E-state index in [9.17, 15) is 19.5 Å². The van der Waals surface area contributed by atoms with Gasteiger partial charge in [-0.2, -0.15) is 0 Å². The van der Waals surface area contributed by atoms with Gasteiger partial charge in [-0.1, -0.05) is 80.9 Å². The Morgan fingerprint density at radius 3 is 2.43 bits per heavy atom. The zero-order chi connectivity index (χ0) is 34.2. The predicted octanol–water partition coefficient (Wildman–Crippen LogP) is 9.99. The number of carbonyl (C=O) groups is 3. The van der Waals surface area contributed by atoms with Crippen LogP contribution in [0.15, 0.2) is 58.7 Å². The number of carbonyl (C=O) groups excluding carboxylic acids is 2. The Labute approximate surface area is 278 Å². The van der Waals surface area contributed by atoms with Crippen LogP contribution in [0, 0.1) is 45.3 Å². The van der Waals surface area contributed by atoms with Crippen molar-refractivity contribution in [2.75, 3.05) is 7.11 Å². The standard InChI is InChI=1S/C41H60O5/c1-26(2)12-11-13-29-14-16-34(39(7,25-29)37(45)46-10)35(42)24-28(5)40(8)22-19-33-30-15-17-31(27(3)4)38(6,21-20-36(43)44)32(30)18-23-41(33,40)9/h12,14-15,17,28,31-32,34H,3,11,13,16,18-25H2,1-2,4-10H3,(H,43,44)/t28-,31+,32-,34+,38+,39-,40+,41-/m1/s1. The second-order valence-corrected chi connectivity index (χ2v) is 16.5.